The van der Waals surface area contributed by atoms with E-state index in [0.29, 0.717) is 22.7 Å². The largest absolute Gasteiger partial charge is 0.497 e. The van der Waals surface area contributed by atoms with Crippen molar-refractivity contribution >= 4 is 33.2 Å². The van der Waals surface area contributed by atoms with E-state index in [1.165, 1.54) is 25.7 Å². The number of nitrogens with zero attached hydrogens (tertiary/aromatic N) is 1. The number of ether oxygens (including phenoxy) is 1. The number of carbonyl (C=O) groups is 2. The van der Waals surface area contributed by atoms with E-state index >= 15 is 0 Å². The molecular formula is C28H31N3O5S. The summed E-state index contributed by atoms with van der Waals surface area (Å²) in [7, 11) is -2.54. The molecule has 2 amide bonds. The third-order valence-electron chi connectivity index (χ3n) is 6.36. The lowest BCUT2D eigenvalue weighted by Crippen LogP contribution is -2.39. The van der Waals surface area contributed by atoms with Crippen LogP contribution in [0, 0.1) is 0 Å². The van der Waals surface area contributed by atoms with Crippen LogP contribution in [-0.4, -0.2) is 39.9 Å². The van der Waals surface area contributed by atoms with Crippen LogP contribution in [-0.2, 0) is 14.8 Å². The van der Waals surface area contributed by atoms with E-state index in [0.717, 1.165) is 30.0 Å². The number of sulfonamides is 1. The van der Waals surface area contributed by atoms with E-state index in [9.17, 15) is 18.0 Å². The highest BCUT2D eigenvalue weighted by Crippen LogP contribution is 2.26. The zero-order chi connectivity index (χ0) is 26.3. The van der Waals surface area contributed by atoms with Gasteiger partial charge in [0.1, 0.15) is 12.3 Å². The number of hydrogen-bond donors (Lipinski definition) is 2. The first-order valence-electron chi connectivity index (χ1n) is 12.3. The number of anilines is 2. The zero-order valence-corrected chi connectivity index (χ0v) is 21.5. The molecule has 9 heteroatoms. The molecule has 1 fully saturated rings. The SMILES string of the molecule is COc1ccc(N(CC(=O)Nc2ccccc2C(=O)NC2CCCCC2)S(=O)(=O)c2ccccc2)cc1. The van der Waals surface area contributed by atoms with E-state index in [1.54, 1.807) is 66.7 Å². The topological polar surface area (TPSA) is 105 Å². The lowest BCUT2D eigenvalue weighted by Gasteiger charge is -2.25. The molecule has 2 N–H and O–H groups in total. The molecule has 1 aliphatic carbocycles. The van der Waals surface area contributed by atoms with Crippen LogP contribution in [0.1, 0.15) is 42.5 Å². The molecule has 0 radical (unpaired) electrons. The van der Waals surface area contributed by atoms with Gasteiger partial charge in [0.25, 0.3) is 15.9 Å². The van der Waals surface area contributed by atoms with Crippen molar-refractivity contribution in [2.24, 2.45) is 0 Å². The minimum atomic E-state index is -4.05. The number of hydrogen-bond acceptors (Lipinski definition) is 5. The van der Waals surface area contributed by atoms with Crippen molar-refractivity contribution in [1.29, 1.82) is 0 Å². The quantitative estimate of drug-likeness (QED) is 0.429. The molecular weight excluding hydrogens is 490 g/mol. The summed E-state index contributed by atoms with van der Waals surface area (Å²) in [5, 5.41) is 5.81. The van der Waals surface area contributed by atoms with Gasteiger partial charge in [-0.1, -0.05) is 49.6 Å². The number of rotatable bonds is 9. The Labute approximate surface area is 217 Å². The second-order valence-electron chi connectivity index (χ2n) is 8.92. The second kappa shape index (κ2) is 11.9. The molecule has 1 aliphatic rings. The standard InChI is InChI=1S/C28H31N3O5S/c1-36-23-18-16-22(17-19-23)31(37(34,35)24-12-6-3-7-13-24)20-27(32)30-26-15-9-8-14-25(26)28(33)29-21-10-4-2-5-11-21/h3,6-9,12-19,21H,2,4-5,10-11,20H2,1H3,(H,29,33)(H,30,32). The summed E-state index contributed by atoms with van der Waals surface area (Å²) in [4.78, 5) is 26.2. The predicted octanol–water partition coefficient (Wildman–Crippen LogP) is 4.59. The van der Waals surface area contributed by atoms with Crippen LogP contribution in [0.15, 0.2) is 83.8 Å². The van der Waals surface area contributed by atoms with E-state index < -0.39 is 22.5 Å². The summed E-state index contributed by atoms with van der Waals surface area (Å²) in [6, 6.07) is 21.2. The minimum absolute atomic E-state index is 0.0610. The predicted molar refractivity (Wildman–Crippen MR) is 143 cm³/mol. The van der Waals surface area contributed by atoms with Crippen molar-refractivity contribution < 1.29 is 22.7 Å². The Morgan fingerprint density at radius 2 is 1.54 bits per heavy atom. The average Bonchev–Trinajstić information content (AvgIpc) is 2.93. The third-order valence-corrected chi connectivity index (χ3v) is 8.15. The molecule has 0 spiro atoms. The van der Waals surface area contributed by atoms with Crippen molar-refractivity contribution in [2.45, 2.75) is 43.0 Å². The summed E-state index contributed by atoms with van der Waals surface area (Å²) in [5.41, 5.74) is 0.971. The molecule has 0 unspecified atom stereocenters. The van der Waals surface area contributed by atoms with Crippen LogP contribution in [0.5, 0.6) is 5.75 Å². The Balaban J connectivity index is 1.56. The van der Waals surface area contributed by atoms with E-state index in [2.05, 4.69) is 10.6 Å². The maximum Gasteiger partial charge on any atom is 0.264 e. The van der Waals surface area contributed by atoms with Gasteiger partial charge >= 0.3 is 0 Å². The van der Waals surface area contributed by atoms with Crippen LogP contribution in [0.25, 0.3) is 0 Å². The molecule has 3 aromatic rings. The summed E-state index contributed by atoms with van der Waals surface area (Å²) >= 11 is 0. The molecule has 4 rings (SSSR count). The third kappa shape index (κ3) is 6.48. The Kier molecular flexibility index (Phi) is 8.45. The first-order valence-corrected chi connectivity index (χ1v) is 13.7. The molecule has 194 valence electrons. The highest BCUT2D eigenvalue weighted by molar-refractivity contribution is 7.92. The van der Waals surface area contributed by atoms with Gasteiger partial charge in [-0.2, -0.15) is 0 Å². The fourth-order valence-electron chi connectivity index (χ4n) is 4.40. The van der Waals surface area contributed by atoms with Crippen LogP contribution >= 0.6 is 0 Å². The van der Waals surface area contributed by atoms with Gasteiger partial charge in [-0.3, -0.25) is 13.9 Å². The van der Waals surface area contributed by atoms with E-state index in [-0.39, 0.29) is 16.8 Å². The van der Waals surface area contributed by atoms with Crippen molar-refractivity contribution in [3.63, 3.8) is 0 Å². The lowest BCUT2D eigenvalue weighted by molar-refractivity contribution is -0.114. The molecule has 0 aromatic heterocycles. The fourth-order valence-corrected chi connectivity index (χ4v) is 5.85. The number of para-hydroxylation sites is 1. The first-order chi connectivity index (χ1) is 17.9. The summed E-state index contributed by atoms with van der Waals surface area (Å²) in [5.74, 6) is -0.275. The highest BCUT2D eigenvalue weighted by Gasteiger charge is 2.28. The number of nitrogens with one attached hydrogen (secondary N) is 2. The molecule has 1 saturated carbocycles. The molecule has 0 aliphatic heterocycles. The maximum atomic E-state index is 13.5. The molecule has 0 saturated heterocycles. The average molecular weight is 522 g/mol. The summed E-state index contributed by atoms with van der Waals surface area (Å²) in [6.07, 6.45) is 5.22. The van der Waals surface area contributed by atoms with Gasteiger partial charge in [-0.05, 0) is 61.4 Å². The molecule has 37 heavy (non-hydrogen) atoms. The van der Waals surface area contributed by atoms with Crippen LogP contribution in [0.4, 0.5) is 11.4 Å². The van der Waals surface area contributed by atoms with E-state index in [1.807, 2.05) is 0 Å². The van der Waals surface area contributed by atoms with Gasteiger partial charge in [0.15, 0.2) is 0 Å². The molecule has 8 nitrogen and oxygen atoms in total. The Morgan fingerprint density at radius 1 is 0.892 bits per heavy atom. The van der Waals surface area contributed by atoms with Gasteiger partial charge < -0.3 is 15.4 Å². The fraction of sp³-hybridized carbons (Fsp3) is 0.286. The van der Waals surface area contributed by atoms with Crippen LogP contribution in [0.2, 0.25) is 0 Å². The number of carbonyl (C=O) groups excluding carboxylic acids is 2. The van der Waals surface area contributed by atoms with Crippen molar-refractivity contribution in [3.8, 4) is 5.75 Å². The monoisotopic (exact) mass is 521 g/mol. The number of benzene rings is 3. The molecule has 3 aromatic carbocycles. The highest BCUT2D eigenvalue weighted by atomic mass is 32.2. The Morgan fingerprint density at radius 3 is 2.22 bits per heavy atom. The summed E-state index contributed by atoms with van der Waals surface area (Å²) in [6.45, 7) is -0.484. The van der Waals surface area contributed by atoms with Crippen molar-refractivity contribution in [2.75, 3.05) is 23.3 Å². The van der Waals surface area contributed by atoms with Crippen molar-refractivity contribution in [3.05, 3.63) is 84.4 Å². The van der Waals surface area contributed by atoms with Crippen LogP contribution in [0.3, 0.4) is 0 Å². The smallest absolute Gasteiger partial charge is 0.264 e. The molecule has 0 heterocycles. The number of methoxy groups -OCH3 is 1. The van der Waals surface area contributed by atoms with Gasteiger partial charge in [-0.25, -0.2) is 8.42 Å². The van der Waals surface area contributed by atoms with Crippen molar-refractivity contribution in [1.82, 2.24) is 5.32 Å². The van der Waals surface area contributed by atoms with E-state index in [4.69, 9.17) is 4.74 Å². The Bertz CT molecular complexity index is 1320. The minimum Gasteiger partial charge on any atom is -0.497 e. The molecule has 0 bridgehead atoms. The molecule has 0 atom stereocenters. The van der Waals surface area contributed by atoms with Gasteiger partial charge in [0.05, 0.1) is 28.9 Å². The Hall–Kier alpha value is -3.85. The second-order valence-corrected chi connectivity index (χ2v) is 10.8. The van der Waals surface area contributed by atoms with Crippen LogP contribution < -0.4 is 19.7 Å². The van der Waals surface area contributed by atoms with Gasteiger partial charge in [0, 0.05) is 6.04 Å². The summed E-state index contributed by atoms with van der Waals surface area (Å²) < 4.78 is 33.3. The zero-order valence-electron chi connectivity index (χ0n) is 20.7. The van der Waals surface area contributed by atoms with Gasteiger partial charge in [-0.15, -0.1) is 0 Å². The normalized spacial score (nSPS) is 14.0. The number of amides is 2. The maximum absolute atomic E-state index is 13.5. The van der Waals surface area contributed by atoms with Gasteiger partial charge in [0.2, 0.25) is 5.91 Å². The first kappa shape index (κ1) is 26.2. The lowest BCUT2D eigenvalue weighted by atomic mass is 9.95.